The molecule has 5 nitrogen and oxygen atoms in total. The van der Waals surface area contributed by atoms with E-state index >= 15 is 0 Å². The minimum Gasteiger partial charge on any atom is -0.388 e. The number of hydrogen-bond donors (Lipinski definition) is 1. The van der Waals surface area contributed by atoms with Crippen molar-refractivity contribution in [1.82, 2.24) is 4.90 Å². The zero-order valence-corrected chi connectivity index (χ0v) is 17.6. The highest BCUT2D eigenvalue weighted by molar-refractivity contribution is 6.30. The molecule has 0 aromatic heterocycles. The van der Waals surface area contributed by atoms with Crippen LogP contribution in [0.3, 0.4) is 0 Å². The summed E-state index contributed by atoms with van der Waals surface area (Å²) in [6, 6.07) is 15.6. The van der Waals surface area contributed by atoms with Crippen LogP contribution in [0, 0.1) is 0 Å². The molecule has 6 heteroatoms. The lowest BCUT2D eigenvalue weighted by atomic mass is 9.85. The van der Waals surface area contributed by atoms with Gasteiger partial charge in [-0.05, 0) is 35.2 Å². The van der Waals surface area contributed by atoms with Crippen LogP contribution in [0.4, 0.5) is 10.5 Å². The predicted molar refractivity (Wildman–Crippen MR) is 117 cm³/mol. The number of hydrogen-bond acceptors (Lipinski definition) is 3. The van der Waals surface area contributed by atoms with E-state index < -0.39 is 0 Å². The SMILES string of the molecule is CC(C)c1ccccc1NC(=O)N1CCC2(CC1)CC(c1ccc(Cl)cc1)=NO2. The van der Waals surface area contributed by atoms with Gasteiger partial charge in [-0.15, -0.1) is 0 Å². The van der Waals surface area contributed by atoms with E-state index in [9.17, 15) is 4.79 Å². The summed E-state index contributed by atoms with van der Waals surface area (Å²) < 4.78 is 0. The van der Waals surface area contributed by atoms with E-state index in [1.165, 1.54) is 0 Å². The van der Waals surface area contributed by atoms with Crippen molar-refractivity contribution in [3.05, 3.63) is 64.7 Å². The summed E-state index contributed by atoms with van der Waals surface area (Å²) >= 11 is 5.98. The molecule has 152 valence electrons. The maximum atomic E-state index is 12.8. The number of halogens is 1. The highest BCUT2D eigenvalue weighted by Crippen LogP contribution is 2.36. The molecular weight excluding hydrogens is 386 g/mol. The van der Waals surface area contributed by atoms with Crippen LogP contribution in [0.5, 0.6) is 0 Å². The third-order valence-corrected chi connectivity index (χ3v) is 6.05. The number of nitrogens with one attached hydrogen (secondary N) is 1. The van der Waals surface area contributed by atoms with Crippen molar-refractivity contribution >= 4 is 29.0 Å². The number of benzene rings is 2. The molecule has 2 aliphatic rings. The first kappa shape index (κ1) is 19.8. The number of anilines is 1. The Kier molecular flexibility index (Phi) is 5.50. The van der Waals surface area contributed by atoms with Crippen LogP contribution in [0.15, 0.2) is 53.7 Å². The molecule has 0 saturated carbocycles. The Morgan fingerprint density at radius 1 is 1.14 bits per heavy atom. The molecule has 4 rings (SSSR count). The fraction of sp³-hybridized carbons (Fsp3) is 0.391. The summed E-state index contributed by atoms with van der Waals surface area (Å²) in [6.45, 7) is 5.56. The number of para-hydroxylation sites is 1. The fourth-order valence-corrected chi connectivity index (χ4v) is 4.14. The van der Waals surface area contributed by atoms with Gasteiger partial charge in [-0.1, -0.05) is 60.9 Å². The molecule has 2 aromatic rings. The smallest absolute Gasteiger partial charge is 0.321 e. The Balaban J connectivity index is 1.35. The first-order chi connectivity index (χ1) is 14.0. The van der Waals surface area contributed by atoms with E-state index in [2.05, 4.69) is 30.4 Å². The van der Waals surface area contributed by atoms with Crippen molar-refractivity contribution in [1.29, 1.82) is 0 Å². The van der Waals surface area contributed by atoms with Crippen LogP contribution in [0.2, 0.25) is 5.02 Å². The summed E-state index contributed by atoms with van der Waals surface area (Å²) in [5.41, 5.74) is 3.72. The summed E-state index contributed by atoms with van der Waals surface area (Å²) in [6.07, 6.45) is 2.31. The molecule has 0 atom stereocenters. The average Bonchev–Trinajstić information content (AvgIpc) is 3.13. The molecule has 2 heterocycles. The van der Waals surface area contributed by atoms with E-state index in [4.69, 9.17) is 16.4 Å². The average molecular weight is 412 g/mol. The van der Waals surface area contributed by atoms with E-state index in [1.54, 1.807) is 0 Å². The van der Waals surface area contributed by atoms with Gasteiger partial charge in [0.25, 0.3) is 0 Å². The Morgan fingerprint density at radius 2 is 1.83 bits per heavy atom. The molecular formula is C23H26ClN3O2. The number of nitrogens with zero attached hydrogens (tertiary/aromatic N) is 2. The van der Waals surface area contributed by atoms with Crippen LogP contribution in [0.25, 0.3) is 0 Å². The molecule has 2 amide bonds. The third-order valence-electron chi connectivity index (χ3n) is 5.80. The minimum absolute atomic E-state index is 0.0511. The molecule has 0 radical (unpaired) electrons. The van der Waals surface area contributed by atoms with Crippen LogP contribution < -0.4 is 5.32 Å². The van der Waals surface area contributed by atoms with Crippen LogP contribution in [-0.2, 0) is 4.84 Å². The summed E-state index contributed by atoms with van der Waals surface area (Å²) in [4.78, 5) is 20.5. The van der Waals surface area contributed by atoms with Gasteiger partial charge < -0.3 is 15.1 Å². The maximum absolute atomic E-state index is 12.8. The molecule has 0 aliphatic carbocycles. The second kappa shape index (κ2) is 8.07. The monoisotopic (exact) mass is 411 g/mol. The quantitative estimate of drug-likeness (QED) is 0.708. The van der Waals surface area contributed by atoms with E-state index in [0.717, 1.165) is 41.8 Å². The Bertz CT molecular complexity index is 916. The highest BCUT2D eigenvalue weighted by Gasteiger charge is 2.43. The second-order valence-electron chi connectivity index (χ2n) is 8.16. The molecule has 2 aliphatic heterocycles. The lowest BCUT2D eigenvalue weighted by Gasteiger charge is -2.37. The van der Waals surface area contributed by atoms with Crippen molar-refractivity contribution in [2.75, 3.05) is 18.4 Å². The van der Waals surface area contributed by atoms with Gasteiger partial charge in [0.2, 0.25) is 0 Å². The predicted octanol–water partition coefficient (Wildman–Crippen LogP) is 5.65. The number of likely N-dealkylation sites (tertiary alicyclic amines) is 1. The molecule has 0 bridgehead atoms. The summed E-state index contributed by atoms with van der Waals surface area (Å²) in [5.74, 6) is 0.353. The maximum Gasteiger partial charge on any atom is 0.321 e. The number of rotatable bonds is 3. The molecule has 2 aromatic carbocycles. The fourth-order valence-electron chi connectivity index (χ4n) is 4.01. The van der Waals surface area contributed by atoms with Gasteiger partial charge in [-0.3, -0.25) is 0 Å². The van der Waals surface area contributed by atoms with Gasteiger partial charge in [0.1, 0.15) is 5.60 Å². The van der Waals surface area contributed by atoms with Crippen molar-refractivity contribution in [3.63, 3.8) is 0 Å². The van der Waals surface area contributed by atoms with E-state index in [1.807, 2.05) is 47.4 Å². The van der Waals surface area contributed by atoms with Gasteiger partial charge in [-0.25, -0.2) is 4.79 Å². The zero-order chi connectivity index (χ0) is 20.4. The molecule has 0 unspecified atom stereocenters. The molecule has 1 saturated heterocycles. The van der Waals surface area contributed by atoms with Gasteiger partial charge >= 0.3 is 6.03 Å². The number of amides is 2. The Hall–Kier alpha value is -2.53. The summed E-state index contributed by atoms with van der Waals surface area (Å²) in [5, 5.41) is 8.13. The molecule has 1 N–H and O–H groups in total. The van der Waals surface area contributed by atoms with Crippen LogP contribution >= 0.6 is 11.6 Å². The van der Waals surface area contributed by atoms with E-state index in [-0.39, 0.29) is 11.6 Å². The number of carbonyl (C=O) groups excluding carboxylic acids is 1. The largest absolute Gasteiger partial charge is 0.388 e. The topological polar surface area (TPSA) is 53.9 Å². The van der Waals surface area contributed by atoms with E-state index in [0.29, 0.717) is 24.0 Å². The number of piperidine rings is 1. The number of urea groups is 1. The van der Waals surface area contributed by atoms with Crippen LogP contribution in [0.1, 0.15) is 50.2 Å². The van der Waals surface area contributed by atoms with Crippen molar-refractivity contribution in [3.8, 4) is 0 Å². The van der Waals surface area contributed by atoms with Gasteiger partial charge in [-0.2, -0.15) is 0 Å². The number of carbonyl (C=O) groups is 1. The summed E-state index contributed by atoms with van der Waals surface area (Å²) in [7, 11) is 0. The lowest BCUT2D eigenvalue weighted by molar-refractivity contribution is -0.0544. The highest BCUT2D eigenvalue weighted by atomic mass is 35.5. The Labute approximate surface area is 176 Å². The Morgan fingerprint density at radius 3 is 2.52 bits per heavy atom. The zero-order valence-electron chi connectivity index (χ0n) is 16.8. The van der Waals surface area contributed by atoms with Crippen molar-refractivity contribution in [2.24, 2.45) is 5.16 Å². The second-order valence-corrected chi connectivity index (χ2v) is 8.59. The third kappa shape index (κ3) is 4.25. The molecule has 29 heavy (non-hydrogen) atoms. The van der Waals surface area contributed by atoms with Crippen molar-refractivity contribution in [2.45, 2.75) is 44.6 Å². The first-order valence-electron chi connectivity index (χ1n) is 10.1. The minimum atomic E-state index is -0.304. The first-order valence-corrected chi connectivity index (χ1v) is 10.5. The molecule has 1 fully saturated rings. The van der Waals surface area contributed by atoms with Gasteiger partial charge in [0, 0.05) is 43.1 Å². The lowest BCUT2D eigenvalue weighted by Crippen LogP contribution is -2.48. The van der Waals surface area contributed by atoms with Gasteiger partial charge in [0.05, 0.1) is 5.71 Å². The number of oxime groups is 1. The standard InChI is InChI=1S/C23H26ClN3O2/c1-16(2)19-5-3-4-6-20(19)25-22(28)27-13-11-23(12-14-27)15-21(26-29-23)17-7-9-18(24)10-8-17/h3-10,16H,11-15H2,1-2H3,(H,25,28). The van der Waals surface area contributed by atoms with Crippen molar-refractivity contribution < 1.29 is 9.63 Å². The van der Waals surface area contributed by atoms with Gasteiger partial charge in [0.15, 0.2) is 0 Å². The van der Waals surface area contributed by atoms with Crippen LogP contribution in [-0.4, -0.2) is 35.3 Å². The normalized spacial score (nSPS) is 17.9. The molecule has 1 spiro atoms.